The highest BCUT2D eigenvalue weighted by atomic mass is 127. The first-order chi connectivity index (χ1) is 15.0. The van der Waals surface area contributed by atoms with Crippen LogP contribution in [-0.4, -0.2) is 17.4 Å². The lowest BCUT2D eigenvalue weighted by atomic mass is 9.91. The van der Waals surface area contributed by atoms with Crippen molar-refractivity contribution in [2.24, 2.45) is 0 Å². The van der Waals surface area contributed by atoms with Gasteiger partial charge >= 0.3 is 7.32 Å². The predicted molar refractivity (Wildman–Crippen MR) is 120 cm³/mol. The van der Waals surface area contributed by atoms with Gasteiger partial charge in [0.25, 0.3) is 0 Å². The largest absolute Gasteiger partial charge is 0.707 e. The van der Waals surface area contributed by atoms with E-state index in [-0.39, 0.29) is 0 Å². The van der Waals surface area contributed by atoms with Crippen LogP contribution in [0.2, 0.25) is 0 Å². The molecule has 0 radical (unpaired) electrons. The van der Waals surface area contributed by atoms with Gasteiger partial charge in [-0.05, 0) is 63.8 Å². The summed E-state index contributed by atoms with van der Waals surface area (Å²) in [6, 6.07) is 15.2. The van der Waals surface area contributed by atoms with Gasteiger partial charge in [-0.2, -0.15) is 8.78 Å². The van der Waals surface area contributed by atoms with Gasteiger partial charge in [-0.25, -0.2) is 13.2 Å². The lowest BCUT2D eigenvalue weighted by Gasteiger charge is -2.16. The van der Waals surface area contributed by atoms with Crippen LogP contribution >= 0.6 is 22.6 Å². The van der Waals surface area contributed by atoms with Crippen LogP contribution in [0, 0.1) is 39.6 Å². The molecule has 170 valence electrons. The molecule has 0 atom stereocenters. The van der Waals surface area contributed by atoms with Gasteiger partial charge in [-0.15, -0.1) is 0 Å². The first-order valence-electron chi connectivity index (χ1n) is 9.35. The van der Waals surface area contributed by atoms with Crippen LogP contribution in [0.1, 0.15) is 30.9 Å². The lowest BCUT2D eigenvalue weighted by molar-refractivity contribution is 0.263. The predicted octanol–water partition coefficient (Wildman–Crippen LogP) is 6.12. The van der Waals surface area contributed by atoms with E-state index in [9.17, 15) is 22.0 Å². The SMILES string of the molecule is Cc1ccccc1-c1cccc(I)c1C(C)C.OB(O)Oc1c(F)c(F)c(F)c(F)c1F. The highest BCUT2D eigenvalue weighted by Crippen LogP contribution is 2.34. The molecule has 0 saturated carbocycles. The van der Waals surface area contributed by atoms with Crippen molar-refractivity contribution in [3.63, 3.8) is 0 Å². The molecule has 3 aromatic rings. The average Bonchev–Trinajstić information content (AvgIpc) is 2.74. The molecule has 0 unspecified atom stereocenters. The third-order valence-electron chi connectivity index (χ3n) is 4.46. The van der Waals surface area contributed by atoms with Crippen LogP contribution in [0.4, 0.5) is 22.0 Å². The highest BCUT2D eigenvalue weighted by molar-refractivity contribution is 14.1. The number of aryl methyl sites for hydroxylation is 1. The van der Waals surface area contributed by atoms with Crippen LogP contribution in [0.15, 0.2) is 42.5 Å². The summed E-state index contributed by atoms with van der Waals surface area (Å²) in [7, 11) is -2.70. The van der Waals surface area contributed by atoms with Crippen molar-refractivity contribution in [2.45, 2.75) is 26.7 Å². The van der Waals surface area contributed by atoms with Crippen molar-refractivity contribution in [1.82, 2.24) is 0 Å². The molecule has 0 aromatic heterocycles. The fourth-order valence-electron chi connectivity index (χ4n) is 3.03. The van der Waals surface area contributed by atoms with E-state index in [1.807, 2.05) is 0 Å². The molecule has 32 heavy (non-hydrogen) atoms. The fourth-order valence-corrected chi connectivity index (χ4v) is 4.15. The zero-order valence-electron chi connectivity index (χ0n) is 17.3. The summed E-state index contributed by atoms with van der Waals surface area (Å²) in [5.74, 6) is -12.6. The number of halogens is 6. The van der Waals surface area contributed by atoms with Gasteiger partial charge in [0.2, 0.25) is 29.1 Å². The van der Waals surface area contributed by atoms with Gasteiger partial charge in [0.05, 0.1) is 0 Å². The van der Waals surface area contributed by atoms with E-state index in [0.717, 1.165) is 0 Å². The maximum absolute atomic E-state index is 12.7. The Morgan fingerprint density at radius 1 is 0.781 bits per heavy atom. The standard InChI is InChI=1S/C16H17I.C6H2BF5O3/c1-11(2)16-14(9-6-10-15(16)17)13-8-5-4-7-12(13)3;8-1-2(9)4(11)6(15-7(13)14)5(12)3(1)10/h4-11H,1-3H3;13-14H. The Morgan fingerprint density at radius 3 is 1.78 bits per heavy atom. The van der Waals surface area contributed by atoms with E-state index in [1.54, 1.807) is 0 Å². The summed E-state index contributed by atoms with van der Waals surface area (Å²) in [4.78, 5) is 0. The fraction of sp³-hybridized carbons (Fsp3) is 0.182. The Kier molecular flexibility index (Phi) is 9.05. The summed E-state index contributed by atoms with van der Waals surface area (Å²) in [6.45, 7) is 6.71. The molecule has 0 aliphatic rings. The zero-order chi connectivity index (χ0) is 24.2. The van der Waals surface area contributed by atoms with Gasteiger partial charge in [0.1, 0.15) is 0 Å². The minimum absolute atomic E-state index is 0.553. The smallest absolute Gasteiger partial charge is 0.507 e. The minimum Gasteiger partial charge on any atom is -0.507 e. The van der Waals surface area contributed by atoms with Crippen LogP contribution in [0.3, 0.4) is 0 Å². The highest BCUT2D eigenvalue weighted by Gasteiger charge is 2.29. The van der Waals surface area contributed by atoms with Gasteiger partial charge in [-0.1, -0.05) is 50.2 Å². The van der Waals surface area contributed by atoms with E-state index >= 15 is 0 Å². The molecule has 2 N–H and O–H groups in total. The summed E-state index contributed by atoms with van der Waals surface area (Å²) < 4.78 is 67.7. The van der Waals surface area contributed by atoms with E-state index in [4.69, 9.17) is 10.0 Å². The molecule has 0 fully saturated rings. The number of benzene rings is 3. The number of hydrogen-bond donors (Lipinski definition) is 2. The van der Waals surface area contributed by atoms with Gasteiger partial charge in [0.15, 0.2) is 5.75 Å². The van der Waals surface area contributed by atoms with Crippen molar-refractivity contribution in [2.75, 3.05) is 0 Å². The van der Waals surface area contributed by atoms with Crippen molar-refractivity contribution < 1.29 is 36.7 Å². The van der Waals surface area contributed by atoms with E-state index in [2.05, 4.69) is 90.5 Å². The van der Waals surface area contributed by atoms with Crippen molar-refractivity contribution >= 4 is 29.9 Å². The van der Waals surface area contributed by atoms with Gasteiger partial charge in [0, 0.05) is 3.57 Å². The number of rotatable bonds is 4. The Labute approximate surface area is 196 Å². The number of hydrogen-bond acceptors (Lipinski definition) is 3. The molecule has 0 amide bonds. The van der Waals surface area contributed by atoms with Crippen LogP contribution < -0.4 is 4.65 Å². The maximum atomic E-state index is 12.7. The Bertz CT molecular complexity index is 1080. The normalized spacial score (nSPS) is 10.6. The Morgan fingerprint density at radius 2 is 1.28 bits per heavy atom. The lowest BCUT2D eigenvalue weighted by Crippen LogP contribution is -2.23. The first kappa shape index (κ1) is 26.1. The Hall–Kier alpha value is -2.18. The Balaban J connectivity index is 0.000000229. The first-order valence-corrected chi connectivity index (χ1v) is 10.4. The second-order valence-corrected chi connectivity index (χ2v) is 8.18. The van der Waals surface area contributed by atoms with Crippen molar-refractivity contribution in [1.29, 1.82) is 0 Å². The quantitative estimate of drug-likeness (QED) is 0.132. The molecule has 0 heterocycles. The summed E-state index contributed by atoms with van der Waals surface area (Å²) >= 11 is 2.44. The molecule has 3 rings (SSSR count). The van der Waals surface area contributed by atoms with Crippen molar-refractivity contribution in [3.05, 3.63) is 86.2 Å². The summed E-state index contributed by atoms with van der Waals surface area (Å²) in [6.07, 6.45) is 0. The van der Waals surface area contributed by atoms with Crippen molar-refractivity contribution in [3.8, 4) is 16.9 Å². The average molecular weight is 564 g/mol. The molecular weight excluding hydrogens is 545 g/mol. The third kappa shape index (κ3) is 5.79. The van der Waals surface area contributed by atoms with Crippen LogP contribution in [0.5, 0.6) is 5.75 Å². The molecule has 0 saturated heterocycles. The zero-order valence-corrected chi connectivity index (χ0v) is 19.4. The van der Waals surface area contributed by atoms with E-state index in [0.29, 0.717) is 5.92 Å². The molecule has 0 aliphatic heterocycles. The molecule has 10 heteroatoms. The second-order valence-electron chi connectivity index (χ2n) is 7.01. The molecule has 3 aromatic carbocycles. The molecule has 3 nitrogen and oxygen atoms in total. The van der Waals surface area contributed by atoms with Crippen LogP contribution in [0.25, 0.3) is 11.1 Å². The maximum Gasteiger partial charge on any atom is 0.707 e. The molecule has 0 aliphatic carbocycles. The van der Waals surface area contributed by atoms with E-state index < -0.39 is 42.2 Å². The summed E-state index contributed by atoms with van der Waals surface area (Å²) in [5.41, 5.74) is 5.54. The third-order valence-corrected chi connectivity index (χ3v) is 5.40. The molecule has 0 spiro atoms. The van der Waals surface area contributed by atoms with Gasteiger partial charge < -0.3 is 14.7 Å². The second kappa shape index (κ2) is 11.1. The monoisotopic (exact) mass is 564 g/mol. The molecular formula is C22H19BF5IO3. The summed E-state index contributed by atoms with van der Waals surface area (Å²) in [5, 5.41) is 16.3. The van der Waals surface area contributed by atoms with Gasteiger partial charge in [-0.3, -0.25) is 0 Å². The minimum atomic E-state index is -2.70. The topological polar surface area (TPSA) is 49.7 Å². The molecule has 0 bridgehead atoms. The van der Waals surface area contributed by atoms with Crippen LogP contribution in [-0.2, 0) is 0 Å². The van der Waals surface area contributed by atoms with E-state index in [1.165, 1.54) is 25.8 Å².